The first-order chi connectivity index (χ1) is 7.43. The Kier molecular flexibility index (Phi) is 3.64. The van der Waals surface area contributed by atoms with Crippen molar-refractivity contribution in [2.45, 2.75) is 6.42 Å². The van der Waals surface area contributed by atoms with Crippen LogP contribution in [-0.4, -0.2) is 22.7 Å². The zero-order valence-electron chi connectivity index (χ0n) is 7.73. The molecular weight excluding hydrogens is 232 g/mol. The van der Waals surface area contributed by atoms with Gasteiger partial charge in [-0.25, -0.2) is 13.6 Å². The summed E-state index contributed by atoms with van der Waals surface area (Å²) in [6.45, 7) is -0.369. The van der Waals surface area contributed by atoms with E-state index in [0.29, 0.717) is 0 Å². The molecule has 0 aliphatic heterocycles. The van der Waals surface area contributed by atoms with Crippen LogP contribution in [0.4, 0.5) is 22.4 Å². The maximum atomic E-state index is 12.9. The average molecular weight is 238 g/mol. The molecule has 0 aliphatic rings. The predicted octanol–water partition coefficient (Wildman–Crippen LogP) is 1.45. The molecule has 1 rings (SSSR count). The van der Waals surface area contributed by atoms with E-state index in [1.807, 2.05) is 0 Å². The second-order valence-corrected chi connectivity index (χ2v) is 2.78. The first kappa shape index (κ1) is 12.2. The lowest BCUT2D eigenvalue weighted by Crippen LogP contribution is -2.24. The lowest BCUT2D eigenvalue weighted by Gasteiger charge is -2.05. The molecule has 1 amide bonds. The van der Waals surface area contributed by atoms with Crippen LogP contribution in [0.1, 0.15) is 5.56 Å². The third kappa shape index (κ3) is 2.59. The van der Waals surface area contributed by atoms with Gasteiger partial charge < -0.3 is 10.4 Å². The number of rotatable bonds is 3. The standard InChI is InChI=1S/C8H6F4N2O2/c9-4-3(1-2-13-8(15)16)5(10)7(12)14-6(4)11/h13H,1-2H2,(H,15,16). The minimum Gasteiger partial charge on any atom is -0.465 e. The highest BCUT2D eigenvalue weighted by Crippen LogP contribution is 2.16. The summed E-state index contributed by atoms with van der Waals surface area (Å²) in [5.74, 6) is -6.76. The summed E-state index contributed by atoms with van der Waals surface area (Å²) in [5.41, 5.74) is -0.876. The molecule has 88 valence electrons. The maximum absolute atomic E-state index is 12.9. The van der Waals surface area contributed by atoms with E-state index in [0.717, 1.165) is 0 Å². The van der Waals surface area contributed by atoms with Crippen LogP contribution < -0.4 is 5.32 Å². The van der Waals surface area contributed by atoms with Crippen LogP contribution in [-0.2, 0) is 6.42 Å². The summed E-state index contributed by atoms with van der Waals surface area (Å²) in [5, 5.41) is 9.99. The average Bonchev–Trinajstić information content (AvgIpc) is 2.20. The molecule has 1 aromatic rings. The number of aromatic nitrogens is 1. The van der Waals surface area contributed by atoms with Gasteiger partial charge in [0.25, 0.3) is 11.9 Å². The normalized spacial score (nSPS) is 10.2. The zero-order valence-corrected chi connectivity index (χ0v) is 7.73. The summed E-state index contributed by atoms with van der Waals surface area (Å²) >= 11 is 0. The number of hydrogen-bond donors (Lipinski definition) is 2. The fourth-order valence-corrected chi connectivity index (χ4v) is 1.04. The highest BCUT2D eigenvalue weighted by atomic mass is 19.2. The van der Waals surface area contributed by atoms with Gasteiger partial charge in [-0.3, -0.25) is 0 Å². The van der Waals surface area contributed by atoms with Crippen LogP contribution in [0.5, 0.6) is 0 Å². The Morgan fingerprint density at radius 1 is 1.19 bits per heavy atom. The van der Waals surface area contributed by atoms with E-state index < -0.39 is 41.6 Å². The number of pyridine rings is 1. The summed E-state index contributed by atoms with van der Waals surface area (Å²) < 4.78 is 51.0. The van der Waals surface area contributed by atoms with Crippen LogP contribution in [0.15, 0.2) is 0 Å². The minimum atomic E-state index is -1.76. The van der Waals surface area contributed by atoms with Crippen molar-refractivity contribution in [1.82, 2.24) is 10.3 Å². The van der Waals surface area contributed by atoms with Gasteiger partial charge in [0.05, 0.1) is 0 Å². The first-order valence-corrected chi connectivity index (χ1v) is 4.09. The number of halogens is 4. The number of carbonyl (C=O) groups is 1. The molecule has 0 unspecified atom stereocenters. The molecule has 16 heavy (non-hydrogen) atoms. The van der Waals surface area contributed by atoms with E-state index in [4.69, 9.17) is 5.11 Å². The zero-order chi connectivity index (χ0) is 12.3. The van der Waals surface area contributed by atoms with Crippen molar-refractivity contribution in [3.8, 4) is 0 Å². The number of nitrogens with zero attached hydrogens (tertiary/aromatic N) is 1. The Hall–Kier alpha value is -1.86. The van der Waals surface area contributed by atoms with Gasteiger partial charge in [-0.15, -0.1) is 0 Å². The highest BCUT2D eigenvalue weighted by molar-refractivity contribution is 5.64. The minimum absolute atomic E-state index is 0.369. The van der Waals surface area contributed by atoms with E-state index in [9.17, 15) is 22.4 Å². The summed E-state index contributed by atoms with van der Waals surface area (Å²) in [4.78, 5) is 12.4. The van der Waals surface area contributed by atoms with Gasteiger partial charge >= 0.3 is 6.09 Å². The molecule has 4 nitrogen and oxygen atoms in total. The van der Waals surface area contributed by atoms with Crippen LogP contribution in [0.3, 0.4) is 0 Å². The molecule has 1 heterocycles. The van der Waals surface area contributed by atoms with Crippen LogP contribution in [0.2, 0.25) is 0 Å². The van der Waals surface area contributed by atoms with E-state index in [2.05, 4.69) is 4.98 Å². The Morgan fingerprint density at radius 2 is 1.69 bits per heavy atom. The van der Waals surface area contributed by atoms with Crippen LogP contribution >= 0.6 is 0 Å². The molecule has 0 atom stereocenters. The van der Waals surface area contributed by atoms with Crippen molar-refractivity contribution in [1.29, 1.82) is 0 Å². The van der Waals surface area contributed by atoms with Crippen LogP contribution in [0.25, 0.3) is 0 Å². The third-order valence-corrected chi connectivity index (χ3v) is 1.74. The molecule has 0 aromatic carbocycles. The summed E-state index contributed by atoms with van der Waals surface area (Å²) in [6.07, 6.45) is -1.92. The van der Waals surface area contributed by atoms with Crippen molar-refractivity contribution in [3.63, 3.8) is 0 Å². The molecule has 0 fully saturated rings. The second kappa shape index (κ2) is 4.77. The highest BCUT2D eigenvalue weighted by Gasteiger charge is 2.20. The Morgan fingerprint density at radius 3 is 2.12 bits per heavy atom. The van der Waals surface area contributed by atoms with Gasteiger partial charge in [-0.05, 0) is 6.42 Å². The van der Waals surface area contributed by atoms with E-state index >= 15 is 0 Å². The Balaban J connectivity index is 2.90. The lowest BCUT2D eigenvalue weighted by atomic mass is 10.1. The largest absolute Gasteiger partial charge is 0.465 e. The molecule has 0 bridgehead atoms. The molecule has 0 saturated carbocycles. The van der Waals surface area contributed by atoms with Gasteiger partial charge in [-0.1, -0.05) is 0 Å². The van der Waals surface area contributed by atoms with E-state index in [1.165, 1.54) is 0 Å². The van der Waals surface area contributed by atoms with Crippen LogP contribution in [0, 0.1) is 23.5 Å². The topological polar surface area (TPSA) is 62.2 Å². The molecule has 1 aromatic heterocycles. The lowest BCUT2D eigenvalue weighted by molar-refractivity contribution is 0.194. The van der Waals surface area contributed by atoms with Crippen molar-refractivity contribution >= 4 is 6.09 Å². The fraction of sp³-hybridized carbons (Fsp3) is 0.250. The van der Waals surface area contributed by atoms with Crippen molar-refractivity contribution in [2.75, 3.05) is 6.54 Å². The summed E-state index contributed by atoms with van der Waals surface area (Å²) in [7, 11) is 0. The van der Waals surface area contributed by atoms with Gasteiger partial charge in [0, 0.05) is 12.1 Å². The number of amides is 1. The maximum Gasteiger partial charge on any atom is 0.404 e. The molecule has 8 heteroatoms. The van der Waals surface area contributed by atoms with Crippen molar-refractivity contribution in [3.05, 3.63) is 29.1 Å². The SMILES string of the molecule is O=C(O)NCCc1c(F)c(F)nc(F)c1F. The smallest absolute Gasteiger partial charge is 0.404 e. The van der Waals surface area contributed by atoms with Gasteiger partial charge in [0.2, 0.25) is 0 Å². The second-order valence-electron chi connectivity index (χ2n) is 2.78. The fourth-order valence-electron chi connectivity index (χ4n) is 1.04. The van der Waals surface area contributed by atoms with Gasteiger partial charge in [0.1, 0.15) is 0 Å². The molecule has 0 spiro atoms. The predicted molar refractivity (Wildman–Crippen MR) is 43.8 cm³/mol. The van der Waals surface area contributed by atoms with Gasteiger partial charge in [-0.2, -0.15) is 13.8 Å². The Bertz CT molecular complexity index is 399. The van der Waals surface area contributed by atoms with Crippen molar-refractivity contribution in [2.24, 2.45) is 0 Å². The number of nitrogens with one attached hydrogen (secondary N) is 1. The number of hydrogen-bond acceptors (Lipinski definition) is 2. The van der Waals surface area contributed by atoms with Crippen molar-refractivity contribution < 1.29 is 27.5 Å². The number of carboxylic acid groups (broad SMARTS) is 1. The van der Waals surface area contributed by atoms with Gasteiger partial charge in [0.15, 0.2) is 11.6 Å². The third-order valence-electron chi connectivity index (χ3n) is 1.74. The Labute approximate surface area is 86.9 Å². The molecule has 0 saturated heterocycles. The molecular formula is C8H6F4N2O2. The quantitative estimate of drug-likeness (QED) is 0.618. The molecule has 2 N–H and O–H groups in total. The van der Waals surface area contributed by atoms with E-state index in [-0.39, 0.29) is 6.54 Å². The van der Waals surface area contributed by atoms with E-state index in [1.54, 1.807) is 5.32 Å². The monoisotopic (exact) mass is 238 g/mol. The first-order valence-electron chi connectivity index (χ1n) is 4.09. The molecule has 0 radical (unpaired) electrons. The summed E-state index contributed by atoms with van der Waals surface area (Å²) in [6, 6.07) is 0. The molecule has 0 aliphatic carbocycles.